The molecule has 42 valence electrons. The zero-order valence-electron chi connectivity index (χ0n) is 5.84. The maximum Gasteiger partial charge on any atom is 0.129 e. The zero-order chi connectivity index (χ0) is 6.85. The van der Waals surface area contributed by atoms with Crippen molar-refractivity contribution in [3.8, 4) is 0 Å². The van der Waals surface area contributed by atoms with Gasteiger partial charge in [-0.05, 0) is 13.8 Å². The molecule has 3 heteroatoms. The van der Waals surface area contributed by atoms with Crippen LogP contribution in [0.5, 0.6) is 0 Å². The van der Waals surface area contributed by atoms with Crippen LogP contribution < -0.4 is 0 Å². The summed E-state index contributed by atoms with van der Waals surface area (Å²) >= 11 is 0. The minimum atomic E-state index is 0.0417. The summed E-state index contributed by atoms with van der Waals surface area (Å²) in [5.41, 5.74) is 0. The fourth-order valence-corrected chi connectivity index (χ4v) is 0.454. The Balaban J connectivity index is 3.17. The second kappa shape index (κ2) is 1.86. The van der Waals surface area contributed by atoms with Crippen LogP contribution in [0.15, 0.2) is 6.30 Å². The molecule has 0 N–H and O–H groups in total. The quantitative estimate of drug-likeness (QED) is 0.489. The van der Waals surface area contributed by atoms with Crippen molar-refractivity contribution in [3.05, 3.63) is 18.0 Å². The first-order valence-electron chi connectivity index (χ1n) is 2.84. The topological polar surface area (TPSA) is 38.7 Å². The highest BCUT2D eigenvalue weighted by molar-refractivity contribution is 4.83. The van der Waals surface area contributed by atoms with E-state index in [1.54, 1.807) is 13.8 Å². The molecule has 0 amide bonds. The molecule has 0 saturated heterocycles. The Morgan fingerprint density at radius 3 is 2.25 bits per heavy atom. The molecule has 8 heavy (non-hydrogen) atoms. The van der Waals surface area contributed by atoms with Crippen LogP contribution in [0.4, 0.5) is 0 Å². The van der Waals surface area contributed by atoms with Crippen LogP contribution in [0.1, 0.15) is 13.0 Å². The van der Waals surface area contributed by atoms with Crippen molar-refractivity contribution in [1.82, 2.24) is 15.0 Å². The van der Waals surface area contributed by atoms with Crippen LogP contribution in [0.3, 0.4) is 0 Å². The number of rotatable bonds is 0. The van der Waals surface area contributed by atoms with Gasteiger partial charge in [0.25, 0.3) is 0 Å². The third kappa shape index (κ3) is 0.992. The monoisotopic (exact) mass is 111 g/mol. The Labute approximate surface area is 49.2 Å². The van der Waals surface area contributed by atoms with Crippen LogP contribution in [-0.4, -0.2) is 15.0 Å². The van der Waals surface area contributed by atoms with E-state index in [0.717, 1.165) is 0 Å². The Kier molecular flexibility index (Phi) is 0.917. The normalized spacial score (nSPS) is 11.0. The van der Waals surface area contributed by atoms with Crippen molar-refractivity contribution < 1.29 is 1.37 Å². The van der Waals surface area contributed by atoms with Gasteiger partial charge in [0, 0.05) is 0 Å². The number of aryl methyl sites for hydroxylation is 2. The molecule has 1 aromatic rings. The molecule has 0 atom stereocenters. The van der Waals surface area contributed by atoms with Crippen LogP contribution in [0.25, 0.3) is 0 Å². The van der Waals surface area contributed by atoms with E-state index in [2.05, 4.69) is 15.0 Å². The lowest BCUT2D eigenvalue weighted by Gasteiger charge is -1.88. The average molecular weight is 111 g/mol. The lowest BCUT2D eigenvalue weighted by Crippen LogP contribution is -1.91. The van der Waals surface area contributed by atoms with Crippen molar-refractivity contribution in [2.24, 2.45) is 0 Å². The summed E-state index contributed by atoms with van der Waals surface area (Å²) in [5.74, 6) is 1.21. The summed E-state index contributed by atoms with van der Waals surface area (Å²) in [6.07, 6.45) is 0.0417. The van der Waals surface area contributed by atoms with Gasteiger partial charge in [-0.25, -0.2) is 15.0 Å². The van der Waals surface area contributed by atoms with Gasteiger partial charge in [-0.2, -0.15) is 0 Å². The highest BCUT2D eigenvalue weighted by Crippen LogP contribution is 1.83. The van der Waals surface area contributed by atoms with Gasteiger partial charge in [-0.1, -0.05) is 0 Å². The van der Waals surface area contributed by atoms with Crippen molar-refractivity contribution in [2.75, 3.05) is 0 Å². The van der Waals surface area contributed by atoms with Gasteiger partial charge in [0.1, 0.15) is 19.3 Å². The number of hydrogen-bond acceptors (Lipinski definition) is 3. The molecule has 1 heterocycles. The molecule has 3 nitrogen and oxygen atoms in total. The minimum Gasteiger partial charge on any atom is -0.222 e. The minimum absolute atomic E-state index is 0.0417. The lowest BCUT2D eigenvalue weighted by molar-refractivity contribution is 0.920. The maximum absolute atomic E-state index is 7.01. The molecule has 0 aliphatic carbocycles. The predicted molar refractivity (Wildman–Crippen MR) is 29.3 cm³/mol. The first-order chi connectivity index (χ1) is 4.18. The molecule has 0 aromatic carbocycles. The molecule has 0 radical (unpaired) electrons. The van der Waals surface area contributed by atoms with Gasteiger partial charge >= 0.3 is 0 Å². The lowest BCUT2D eigenvalue weighted by atomic mass is 10.6. The fraction of sp³-hybridized carbons (Fsp3) is 0.400. The molecule has 0 saturated carbocycles. The molecule has 0 unspecified atom stereocenters. The van der Waals surface area contributed by atoms with Gasteiger partial charge in [-0.3, -0.25) is 0 Å². The molecule has 1 aromatic heterocycles. The third-order valence-electron chi connectivity index (χ3n) is 0.747. The van der Waals surface area contributed by atoms with E-state index in [1.165, 1.54) is 0 Å². The second-order valence-corrected chi connectivity index (χ2v) is 1.53. The Morgan fingerprint density at radius 1 is 1.38 bits per heavy atom. The van der Waals surface area contributed by atoms with Crippen LogP contribution in [0, 0.1) is 13.8 Å². The predicted octanol–water partition coefficient (Wildman–Crippen LogP) is 0.488. The zero-order valence-corrected chi connectivity index (χ0v) is 4.84. The van der Waals surface area contributed by atoms with E-state index < -0.39 is 0 Å². The van der Waals surface area contributed by atoms with Crippen molar-refractivity contribution in [1.29, 1.82) is 0 Å². The van der Waals surface area contributed by atoms with Crippen molar-refractivity contribution in [2.45, 2.75) is 13.8 Å². The largest absolute Gasteiger partial charge is 0.222 e. The molecule has 1 rings (SSSR count). The van der Waals surface area contributed by atoms with E-state index >= 15 is 0 Å². The summed E-state index contributed by atoms with van der Waals surface area (Å²) < 4.78 is 7.01. The third-order valence-corrected chi connectivity index (χ3v) is 0.747. The molecule has 0 bridgehead atoms. The number of aromatic nitrogens is 3. The number of nitrogens with zero attached hydrogens (tertiary/aromatic N) is 3. The van der Waals surface area contributed by atoms with Gasteiger partial charge in [0.05, 0.1) is 0 Å². The summed E-state index contributed by atoms with van der Waals surface area (Å²) in [6, 6.07) is 0. The number of hydrogen-bond donors (Lipinski definition) is 0. The first-order valence-corrected chi connectivity index (χ1v) is 2.34. The van der Waals surface area contributed by atoms with Gasteiger partial charge in [0.15, 0.2) is 0 Å². The highest BCUT2D eigenvalue weighted by atomic mass is 15.0. The fourth-order valence-electron chi connectivity index (χ4n) is 0.454. The van der Waals surface area contributed by atoms with Crippen molar-refractivity contribution >= 4 is 0 Å². The van der Waals surface area contributed by atoms with Crippen molar-refractivity contribution in [3.63, 3.8) is 0 Å². The molecule has 0 spiro atoms. The summed E-state index contributed by atoms with van der Waals surface area (Å²) in [6.45, 7) is 3.49. The Hall–Kier alpha value is -0.990. The van der Waals surface area contributed by atoms with E-state index in [0.29, 0.717) is 11.6 Å². The molecule has 0 fully saturated rings. The van der Waals surface area contributed by atoms with Gasteiger partial charge < -0.3 is 0 Å². The van der Waals surface area contributed by atoms with E-state index in [-0.39, 0.29) is 6.30 Å². The summed E-state index contributed by atoms with van der Waals surface area (Å²) in [7, 11) is 0. The highest BCUT2D eigenvalue weighted by Gasteiger charge is 1.84. The average Bonchev–Trinajstić information content (AvgIpc) is 1.59. The maximum atomic E-state index is 7.01. The van der Waals surface area contributed by atoms with E-state index in [1.807, 2.05) is 0 Å². The molecule has 0 aliphatic rings. The van der Waals surface area contributed by atoms with Crippen LogP contribution >= 0.6 is 0 Å². The second-order valence-electron chi connectivity index (χ2n) is 1.53. The van der Waals surface area contributed by atoms with Gasteiger partial charge in [0.2, 0.25) is 0 Å². The van der Waals surface area contributed by atoms with E-state index in [9.17, 15) is 0 Å². The SMILES string of the molecule is [3H]c1nc(C)nc(C)n1. The smallest absolute Gasteiger partial charge is 0.129 e. The van der Waals surface area contributed by atoms with Crippen LogP contribution in [0.2, 0.25) is 0 Å². The molecular formula is C5H7N3. The molecular weight excluding hydrogens is 102 g/mol. The Bertz CT molecular complexity index is 173. The Morgan fingerprint density at radius 2 is 1.88 bits per heavy atom. The van der Waals surface area contributed by atoms with Gasteiger partial charge in [-0.15, -0.1) is 0 Å². The van der Waals surface area contributed by atoms with E-state index in [4.69, 9.17) is 1.37 Å². The first kappa shape index (κ1) is 3.95. The summed E-state index contributed by atoms with van der Waals surface area (Å²) in [5, 5.41) is 0. The standard InChI is InChI=1S/C5H7N3/c1-4-6-3-7-5(2)8-4/h3H,1-2H3/i3T. The molecule has 0 aliphatic heterocycles. The van der Waals surface area contributed by atoms with Crippen LogP contribution in [-0.2, 0) is 0 Å². The summed E-state index contributed by atoms with van der Waals surface area (Å²) in [4.78, 5) is 11.2.